The third-order valence-corrected chi connectivity index (χ3v) is 2.44. The van der Waals surface area contributed by atoms with Crippen LogP contribution in [0.1, 0.15) is 0 Å². The first kappa shape index (κ1) is 17.1. The van der Waals surface area contributed by atoms with Crippen molar-refractivity contribution in [2.45, 2.75) is 18.3 Å². The van der Waals surface area contributed by atoms with Crippen molar-refractivity contribution in [3.63, 3.8) is 0 Å². The molecule has 0 aromatic heterocycles. The summed E-state index contributed by atoms with van der Waals surface area (Å²) in [7, 11) is 0. The predicted molar refractivity (Wildman–Crippen MR) is 65.3 cm³/mol. The van der Waals surface area contributed by atoms with E-state index in [1.54, 1.807) is 0 Å². The summed E-state index contributed by atoms with van der Waals surface area (Å²) in [6.45, 7) is 1.61. The molecule has 0 aromatic rings. The minimum atomic E-state index is -1.83. The number of cyclic esters (lactones) is 1. The second-order valence-electron chi connectivity index (χ2n) is 3.99. The molecule has 0 aromatic carbocycles. The topological polar surface area (TPSA) is 143 Å². The molecule has 1 rings (SSSR count). The second-order valence-corrected chi connectivity index (χ2v) is 3.99. The number of aliphatic hydroxyl groups is 4. The Balaban J connectivity index is 3.04. The first-order valence-electron chi connectivity index (χ1n) is 5.94. The summed E-state index contributed by atoms with van der Waals surface area (Å²) in [6, 6.07) is 0. The van der Waals surface area contributed by atoms with Gasteiger partial charge in [-0.2, -0.15) is 0 Å². The molecule has 1 heterocycles. The smallest absolute Gasteiger partial charge is 0.378 e. The fraction of sp³-hybridized carbons (Fsp3) is 0.500. The molecule has 1 unspecified atom stereocenters. The first-order chi connectivity index (χ1) is 9.96. The van der Waals surface area contributed by atoms with Crippen molar-refractivity contribution < 1.29 is 44.2 Å². The van der Waals surface area contributed by atoms with E-state index in [1.807, 2.05) is 0 Å². The number of carbonyl (C=O) groups excluding carboxylic acids is 2. The standard InChI is InChI=1S/C12H16O9/c1-2-3-19-10-9(21-11(17)7(16)5-14)8(6(15)4-13)20-12(10)18/h2,6-8,13-16H,1,3-5H2/t6-,7?,8+/m0/s1. The van der Waals surface area contributed by atoms with Crippen LogP contribution in [-0.2, 0) is 23.8 Å². The van der Waals surface area contributed by atoms with E-state index in [0.717, 1.165) is 0 Å². The maximum atomic E-state index is 11.6. The first-order valence-corrected chi connectivity index (χ1v) is 5.94. The highest BCUT2D eigenvalue weighted by atomic mass is 16.6. The van der Waals surface area contributed by atoms with Gasteiger partial charge in [0, 0.05) is 0 Å². The average Bonchev–Trinajstić information content (AvgIpc) is 2.79. The molecule has 3 atom stereocenters. The predicted octanol–water partition coefficient (Wildman–Crippen LogP) is -2.42. The molecule has 118 valence electrons. The Hall–Kier alpha value is -1.94. The molecular weight excluding hydrogens is 288 g/mol. The van der Waals surface area contributed by atoms with Crippen LogP contribution in [0.2, 0.25) is 0 Å². The van der Waals surface area contributed by atoms with E-state index in [4.69, 9.17) is 29.5 Å². The van der Waals surface area contributed by atoms with Crippen LogP contribution in [0.25, 0.3) is 0 Å². The highest BCUT2D eigenvalue weighted by Crippen LogP contribution is 2.27. The van der Waals surface area contributed by atoms with Gasteiger partial charge in [-0.15, -0.1) is 0 Å². The summed E-state index contributed by atoms with van der Waals surface area (Å²) in [5.41, 5.74) is 0. The average molecular weight is 304 g/mol. The van der Waals surface area contributed by atoms with Crippen LogP contribution in [0.4, 0.5) is 0 Å². The molecule has 0 bridgehead atoms. The van der Waals surface area contributed by atoms with Crippen molar-refractivity contribution in [3.8, 4) is 0 Å². The lowest BCUT2D eigenvalue weighted by molar-refractivity contribution is -0.157. The summed E-state index contributed by atoms with van der Waals surface area (Å²) in [5.74, 6) is -3.23. The molecule has 9 heteroatoms. The van der Waals surface area contributed by atoms with Crippen LogP contribution in [0.15, 0.2) is 24.2 Å². The van der Waals surface area contributed by atoms with Crippen LogP contribution in [0.5, 0.6) is 0 Å². The third-order valence-electron chi connectivity index (χ3n) is 2.44. The number of hydrogen-bond acceptors (Lipinski definition) is 9. The summed E-state index contributed by atoms with van der Waals surface area (Å²) in [6.07, 6.45) is -3.52. The zero-order valence-electron chi connectivity index (χ0n) is 11.0. The monoisotopic (exact) mass is 304 g/mol. The Kier molecular flexibility index (Phi) is 6.31. The maximum absolute atomic E-state index is 11.6. The molecule has 0 saturated heterocycles. The van der Waals surface area contributed by atoms with Gasteiger partial charge in [0.15, 0.2) is 12.2 Å². The van der Waals surface area contributed by atoms with Gasteiger partial charge in [0.25, 0.3) is 0 Å². The number of hydrogen-bond donors (Lipinski definition) is 4. The van der Waals surface area contributed by atoms with Crippen molar-refractivity contribution in [2.24, 2.45) is 0 Å². The Morgan fingerprint density at radius 3 is 2.57 bits per heavy atom. The summed E-state index contributed by atoms with van der Waals surface area (Å²) in [4.78, 5) is 23.1. The van der Waals surface area contributed by atoms with E-state index in [9.17, 15) is 14.7 Å². The number of esters is 2. The third kappa shape index (κ3) is 4.02. The molecule has 0 spiro atoms. The van der Waals surface area contributed by atoms with Crippen molar-refractivity contribution in [3.05, 3.63) is 24.2 Å². The molecule has 0 fully saturated rings. The molecule has 21 heavy (non-hydrogen) atoms. The number of rotatable bonds is 8. The van der Waals surface area contributed by atoms with E-state index in [-0.39, 0.29) is 6.61 Å². The zero-order valence-corrected chi connectivity index (χ0v) is 11.0. The molecule has 0 amide bonds. The zero-order chi connectivity index (χ0) is 16.0. The van der Waals surface area contributed by atoms with E-state index >= 15 is 0 Å². The van der Waals surface area contributed by atoms with Crippen molar-refractivity contribution in [1.82, 2.24) is 0 Å². The summed E-state index contributed by atoms with van der Waals surface area (Å²) < 4.78 is 14.5. The van der Waals surface area contributed by atoms with Crippen LogP contribution in [-0.4, -0.2) is 70.5 Å². The summed E-state index contributed by atoms with van der Waals surface area (Å²) in [5, 5.41) is 36.3. The largest absolute Gasteiger partial charge is 0.480 e. The Morgan fingerprint density at radius 2 is 2.05 bits per heavy atom. The molecule has 1 aliphatic rings. The summed E-state index contributed by atoms with van der Waals surface area (Å²) >= 11 is 0. The van der Waals surface area contributed by atoms with E-state index in [1.165, 1.54) is 6.08 Å². The van der Waals surface area contributed by atoms with Gasteiger partial charge < -0.3 is 34.6 Å². The lowest BCUT2D eigenvalue weighted by atomic mass is 10.2. The fourth-order valence-corrected chi connectivity index (χ4v) is 1.43. The molecule has 1 aliphatic heterocycles. The normalized spacial score (nSPS) is 20.8. The number of carbonyl (C=O) groups is 2. The van der Waals surface area contributed by atoms with Gasteiger partial charge in [-0.3, -0.25) is 0 Å². The molecular formula is C12H16O9. The van der Waals surface area contributed by atoms with Crippen molar-refractivity contribution in [1.29, 1.82) is 0 Å². The minimum Gasteiger partial charge on any atom is -0.480 e. The van der Waals surface area contributed by atoms with Gasteiger partial charge in [0.1, 0.15) is 12.7 Å². The van der Waals surface area contributed by atoms with Gasteiger partial charge in [0.05, 0.1) is 13.2 Å². The molecule has 9 nitrogen and oxygen atoms in total. The van der Waals surface area contributed by atoms with Crippen LogP contribution < -0.4 is 0 Å². The molecule has 0 saturated carbocycles. The van der Waals surface area contributed by atoms with Gasteiger partial charge in [-0.1, -0.05) is 12.7 Å². The van der Waals surface area contributed by atoms with E-state index in [0.29, 0.717) is 0 Å². The number of aliphatic hydroxyl groups excluding tert-OH is 4. The molecule has 0 radical (unpaired) electrons. The van der Waals surface area contributed by atoms with Gasteiger partial charge in [-0.25, -0.2) is 9.59 Å². The quantitative estimate of drug-likeness (QED) is 0.284. The lowest BCUT2D eigenvalue weighted by Crippen LogP contribution is -2.35. The van der Waals surface area contributed by atoms with Crippen molar-refractivity contribution >= 4 is 11.9 Å². The van der Waals surface area contributed by atoms with E-state index in [2.05, 4.69) is 6.58 Å². The van der Waals surface area contributed by atoms with Gasteiger partial charge >= 0.3 is 11.9 Å². The fourth-order valence-electron chi connectivity index (χ4n) is 1.43. The lowest BCUT2D eigenvalue weighted by Gasteiger charge is -2.18. The molecule has 0 aliphatic carbocycles. The van der Waals surface area contributed by atoms with Crippen molar-refractivity contribution in [2.75, 3.05) is 19.8 Å². The SMILES string of the molecule is C=CCOC1=C(OC(=O)C(O)CO)[C@@H]([C@@H](O)CO)OC1=O. The Bertz CT molecular complexity index is 442. The van der Waals surface area contributed by atoms with E-state index < -0.39 is 55.0 Å². The Labute approximate surface area is 119 Å². The minimum absolute atomic E-state index is 0.101. The van der Waals surface area contributed by atoms with Crippen LogP contribution >= 0.6 is 0 Å². The Morgan fingerprint density at radius 1 is 1.38 bits per heavy atom. The highest BCUT2D eigenvalue weighted by molar-refractivity contribution is 5.90. The van der Waals surface area contributed by atoms with Gasteiger partial charge in [0.2, 0.25) is 11.5 Å². The van der Waals surface area contributed by atoms with Gasteiger partial charge in [-0.05, 0) is 0 Å². The highest BCUT2D eigenvalue weighted by Gasteiger charge is 2.43. The number of ether oxygens (including phenoxy) is 3. The second kappa shape index (κ2) is 7.74. The molecule has 4 N–H and O–H groups in total. The van der Waals surface area contributed by atoms with Crippen LogP contribution in [0.3, 0.4) is 0 Å². The van der Waals surface area contributed by atoms with Crippen LogP contribution in [0, 0.1) is 0 Å². The maximum Gasteiger partial charge on any atom is 0.378 e.